The normalized spacial score (nSPS) is 16.1. The maximum Gasteiger partial charge on any atom is 0.336 e. The van der Waals surface area contributed by atoms with Crippen molar-refractivity contribution in [2.75, 3.05) is 11.4 Å². The molecule has 1 aliphatic carbocycles. The average Bonchev–Trinajstić information content (AvgIpc) is 2.44. The predicted molar refractivity (Wildman–Crippen MR) is 83.0 cm³/mol. The molecule has 0 atom stereocenters. The summed E-state index contributed by atoms with van der Waals surface area (Å²) < 4.78 is 0. The Balaban J connectivity index is 2.40. The molecule has 1 aromatic rings. The summed E-state index contributed by atoms with van der Waals surface area (Å²) in [5.41, 5.74) is 2.10. The zero-order chi connectivity index (χ0) is 14.7. The van der Waals surface area contributed by atoms with Crippen LogP contribution in [0, 0.1) is 6.92 Å². The lowest BCUT2D eigenvalue weighted by atomic mass is 9.93. The van der Waals surface area contributed by atoms with Crippen molar-refractivity contribution >= 4 is 23.3 Å². The Kier molecular flexibility index (Phi) is 4.92. The van der Waals surface area contributed by atoms with Gasteiger partial charge >= 0.3 is 5.97 Å². The molecule has 1 saturated carbocycles. The van der Waals surface area contributed by atoms with Gasteiger partial charge in [-0.3, -0.25) is 0 Å². The van der Waals surface area contributed by atoms with Crippen molar-refractivity contribution in [3.8, 4) is 0 Å². The summed E-state index contributed by atoms with van der Waals surface area (Å²) in [6, 6.07) is 3.95. The number of nitrogens with zero attached hydrogens (tertiary/aromatic N) is 1. The second-order valence-corrected chi connectivity index (χ2v) is 5.92. The van der Waals surface area contributed by atoms with Crippen LogP contribution >= 0.6 is 11.6 Å². The molecule has 110 valence electrons. The van der Waals surface area contributed by atoms with Crippen molar-refractivity contribution in [1.82, 2.24) is 0 Å². The van der Waals surface area contributed by atoms with Crippen LogP contribution in [0.4, 0.5) is 5.69 Å². The third-order valence-electron chi connectivity index (χ3n) is 4.24. The van der Waals surface area contributed by atoms with Crippen molar-refractivity contribution in [2.45, 2.75) is 52.0 Å². The third-order valence-corrected chi connectivity index (χ3v) is 4.46. The number of hydrogen-bond acceptors (Lipinski definition) is 2. The number of aromatic carboxylic acids is 1. The van der Waals surface area contributed by atoms with Crippen LogP contribution in [0.25, 0.3) is 0 Å². The van der Waals surface area contributed by atoms with Gasteiger partial charge in [0.1, 0.15) is 0 Å². The summed E-state index contributed by atoms with van der Waals surface area (Å²) in [5.74, 6) is -0.911. The van der Waals surface area contributed by atoms with Gasteiger partial charge in [0.05, 0.1) is 5.56 Å². The average molecular weight is 296 g/mol. The van der Waals surface area contributed by atoms with E-state index in [1.54, 1.807) is 0 Å². The molecule has 1 N–H and O–H groups in total. The first kappa shape index (κ1) is 15.2. The quantitative estimate of drug-likeness (QED) is 0.888. The first-order chi connectivity index (χ1) is 9.54. The van der Waals surface area contributed by atoms with E-state index in [9.17, 15) is 9.90 Å². The van der Waals surface area contributed by atoms with E-state index in [0.717, 1.165) is 17.8 Å². The first-order valence-corrected chi connectivity index (χ1v) is 7.72. The fourth-order valence-electron chi connectivity index (χ4n) is 3.20. The van der Waals surface area contributed by atoms with Crippen molar-refractivity contribution < 1.29 is 9.90 Å². The molecule has 3 nitrogen and oxygen atoms in total. The first-order valence-electron chi connectivity index (χ1n) is 7.34. The molecule has 0 unspecified atom stereocenters. The van der Waals surface area contributed by atoms with Crippen molar-refractivity contribution in [2.24, 2.45) is 0 Å². The van der Waals surface area contributed by atoms with E-state index in [1.165, 1.54) is 38.2 Å². The van der Waals surface area contributed by atoms with E-state index in [0.29, 0.717) is 16.6 Å². The highest BCUT2D eigenvalue weighted by atomic mass is 35.5. The van der Waals surface area contributed by atoms with Crippen molar-refractivity contribution in [1.29, 1.82) is 0 Å². The molecule has 0 aliphatic heterocycles. The minimum atomic E-state index is -0.911. The molecular weight excluding hydrogens is 274 g/mol. The Bertz CT molecular complexity index is 495. The predicted octanol–water partition coefficient (Wildman–Crippen LogP) is 4.51. The van der Waals surface area contributed by atoms with Crippen molar-refractivity contribution in [3.05, 3.63) is 28.3 Å². The summed E-state index contributed by atoms with van der Waals surface area (Å²) in [6.45, 7) is 4.88. The van der Waals surface area contributed by atoms with Gasteiger partial charge in [-0.15, -0.1) is 0 Å². The molecule has 20 heavy (non-hydrogen) atoms. The number of anilines is 1. The number of benzene rings is 1. The minimum absolute atomic E-state index is 0.307. The molecule has 1 fully saturated rings. The minimum Gasteiger partial charge on any atom is -0.478 e. The SMILES string of the molecule is CCN(c1cc(Cl)cc(C(=O)O)c1C)C1CCCCC1. The Labute approximate surface area is 125 Å². The van der Waals surface area contributed by atoms with Gasteiger partial charge < -0.3 is 10.0 Å². The summed E-state index contributed by atoms with van der Waals surface area (Å²) in [7, 11) is 0. The van der Waals surface area contributed by atoms with E-state index in [-0.39, 0.29) is 0 Å². The van der Waals surface area contributed by atoms with Gasteiger partial charge in [0.15, 0.2) is 0 Å². The lowest BCUT2D eigenvalue weighted by molar-refractivity contribution is 0.0696. The van der Waals surface area contributed by atoms with Crippen LogP contribution in [-0.4, -0.2) is 23.7 Å². The summed E-state index contributed by atoms with van der Waals surface area (Å²) in [6.07, 6.45) is 6.19. The molecular formula is C16H22ClNO2. The van der Waals surface area contributed by atoms with E-state index in [4.69, 9.17) is 11.6 Å². The van der Waals surface area contributed by atoms with Crippen LogP contribution in [0.3, 0.4) is 0 Å². The lowest BCUT2D eigenvalue weighted by Gasteiger charge is -2.36. The molecule has 0 aromatic heterocycles. The van der Waals surface area contributed by atoms with Crippen molar-refractivity contribution in [3.63, 3.8) is 0 Å². The summed E-state index contributed by atoms with van der Waals surface area (Å²) in [4.78, 5) is 13.7. The summed E-state index contributed by atoms with van der Waals surface area (Å²) >= 11 is 6.12. The zero-order valence-corrected chi connectivity index (χ0v) is 12.9. The van der Waals surface area contributed by atoms with Gasteiger partial charge in [-0.25, -0.2) is 4.79 Å². The zero-order valence-electron chi connectivity index (χ0n) is 12.2. The van der Waals surface area contributed by atoms with Crippen LogP contribution in [0.1, 0.15) is 54.9 Å². The molecule has 0 radical (unpaired) electrons. The van der Waals surface area contributed by atoms with Gasteiger partial charge in [0.25, 0.3) is 0 Å². The Morgan fingerprint density at radius 3 is 2.55 bits per heavy atom. The molecule has 1 aliphatic rings. The molecule has 0 heterocycles. The number of carboxylic acids is 1. The second-order valence-electron chi connectivity index (χ2n) is 5.48. The third kappa shape index (κ3) is 3.09. The van der Waals surface area contributed by atoms with E-state index < -0.39 is 5.97 Å². The molecule has 0 saturated heterocycles. The Hall–Kier alpha value is -1.22. The van der Waals surface area contributed by atoms with Gasteiger partial charge in [-0.2, -0.15) is 0 Å². The monoisotopic (exact) mass is 295 g/mol. The molecule has 0 spiro atoms. The fraction of sp³-hybridized carbons (Fsp3) is 0.562. The number of hydrogen-bond donors (Lipinski definition) is 1. The number of rotatable bonds is 4. The van der Waals surface area contributed by atoms with E-state index in [2.05, 4.69) is 11.8 Å². The topological polar surface area (TPSA) is 40.5 Å². The number of carbonyl (C=O) groups is 1. The standard InChI is InChI=1S/C16H22ClNO2/c1-3-18(13-7-5-4-6-8-13)15-10-12(17)9-14(11(15)2)16(19)20/h9-10,13H,3-8H2,1-2H3,(H,19,20). The fourth-order valence-corrected chi connectivity index (χ4v) is 3.42. The van der Waals surface area contributed by atoms with Crippen LogP contribution in [0.2, 0.25) is 5.02 Å². The van der Waals surface area contributed by atoms with Crippen LogP contribution in [0.15, 0.2) is 12.1 Å². The highest BCUT2D eigenvalue weighted by Gasteiger charge is 2.23. The highest BCUT2D eigenvalue weighted by Crippen LogP contribution is 2.33. The smallest absolute Gasteiger partial charge is 0.336 e. The van der Waals surface area contributed by atoms with Gasteiger partial charge in [0.2, 0.25) is 0 Å². The second kappa shape index (κ2) is 6.49. The molecule has 2 rings (SSSR count). The Morgan fingerprint density at radius 2 is 2.00 bits per heavy atom. The van der Waals surface area contributed by atoms with Crippen LogP contribution in [-0.2, 0) is 0 Å². The number of halogens is 1. The van der Waals surface area contributed by atoms with Gasteiger partial charge in [0, 0.05) is 23.3 Å². The molecule has 1 aromatic carbocycles. The molecule has 0 bridgehead atoms. The van der Waals surface area contributed by atoms with Crippen LogP contribution < -0.4 is 4.90 Å². The summed E-state index contributed by atoms with van der Waals surface area (Å²) in [5, 5.41) is 9.80. The maximum atomic E-state index is 11.3. The largest absolute Gasteiger partial charge is 0.478 e. The maximum absolute atomic E-state index is 11.3. The molecule has 0 amide bonds. The Morgan fingerprint density at radius 1 is 1.35 bits per heavy atom. The molecule has 4 heteroatoms. The number of carboxylic acid groups (broad SMARTS) is 1. The van der Waals surface area contributed by atoms with Gasteiger partial charge in [-0.05, 0) is 44.4 Å². The van der Waals surface area contributed by atoms with Gasteiger partial charge in [-0.1, -0.05) is 30.9 Å². The highest BCUT2D eigenvalue weighted by molar-refractivity contribution is 6.31. The van der Waals surface area contributed by atoms with Crippen LogP contribution in [0.5, 0.6) is 0 Å². The lowest BCUT2D eigenvalue weighted by Crippen LogP contribution is -2.37. The van der Waals surface area contributed by atoms with E-state index >= 15 is 0 Å². The van der Waals surface area contributed by atoms with E-state index in [1.807, 2.05) is 13.0 Å².